The highest BCUT2D eigenvalue weighted by Crippen LogP contribution is 2.24. The molecular weight excluding hydrogens is 210 g/mol. The van der Waals surface area contributed by atoms with E-state index in [2.05, 4.69) is 23.2 Å². The van der Waals surface area contributed by atoms with Gasteiger partial charge in [-0.1, -0.05) is 36.4 Å². The van der Waals surface area contributed by atoms with Crippen LogP contribution >= 0.6 is 0 Å². The first-order valence-electron chi connectivity index (χ1n) is 5.65. The summed E-state index contributed by atoms with van der Waals surface area (Å²) >= 11 is 0. The molecule has 3 rings (SSSR count). The molecule has 0 saturated heterocycles. The van der Waals surface area contributed by atoms with Crippen LogP contribution in [0, 0.1) is 0 Å². The van der Waals surface area contributed by atoms with Crippen molar-refractivity contribution < 1.29 is 5.11 Å². The van der Waals surface area contributed by atoms with Crippen LogP contribution in [-0.2, 0) is 6.61 Å². The smallest absolute Gasteiger partial charge is 0.0682 e. The number of fused-ring (bicyclic) bond motifs is 1. The number of hydrogen-bond acceptors (Lipinski definition) is 1. The van der Waals surface area contributed by atoms with E-state index in [4.69, 9.17) is 5.11 Å². The van der Waals surface area contributed by atoms with E-state index in [-0.39, 0.29) is 6.61 Å². The molecular formula is C15H13NO. The fourth-order valence-corrected chi connectivity index (χ4v) is 2.05. The van der Waals surface area contributed by atoms with E-state index >= 15 is 0 Å². The van der Waals surface area contributed by atoms with Crippen LogP contribution in [0.4, 0.5) is 0 Å². The van der Waals surface area contributed by atoms with Crippen molar-refractivity contribution in [2.45, 2.75) is 6.61 Å². The van der Waals surface area contributed by atoms with Crippen LogP contribution in [0.25, 0.3) is 22.2 Å². The summed E-state index contributed by atoms with van der Waals surface area (Å²) in [5.41, 5.74) is 4.32. The maximum absolute atomic E-state index is 9.11. The summed E-state index contributed by atoms with van der Waals surface area (Å²) in [7, 11) is 0. The lowest BCUT2D eigenvalue weighted by molar-refractivity contribution is 0.282. The molecule has 0 atom stereocenters. The van der Waals surface area contributed by atoms with E-state index in [0.29, 0.717) is 0 Å². The first kappa shape index (κ1) is 10.1. The van der Waals surface area contributed by atoms with Crippen molar-refractivity contribution in [3.8, 4) is 11.3 Å². The van der Waals surface area contributed by atoms with Crippen molar-refractivity contribution >= 4 is 10.9 Å². The van der Waals surface area contributed by atoms with E-state index in [1.807, 2.05) is 36.4 Å². The highest BCUT2D eigenvalue weighted by Gasteiger charge is 2.03. The van der Waals surface area contributed by atoms with Crippen molar-refractivity contribution in [2.24, 2.45) is 0 Å². The van der Waals surface area contributed by atoms with Gasteiger partial charge in [0, 0.05) is 16.6 Å². The molecule has 1 aromatic heterocycles. The number of aromatic amines is 1. The standard InChI is InChI=1S/C15H13NO/c17-10-11-6-7-14-13(8-11)9-15(16-14)12-4-2-1-3-5-12/h1-9,16-17H,10H2. The Morgan fingerprint density at radius 3 is 2.53 bits per heavy atom. The van der Waals surface area contributed by atoms with E-state index in [0.717, 1.165) is 22.2 Å². The van der Waals surface area contributed by atoms with Crippen LogP contribution in [0.3, 0.4) is 0 Å². The summed E-state index contributed by atoms with van der Waals surface area (Å²) in [6, 6.07) is 18.3. The molecule has 0 aliphatic heterocycles. The molecule has 0 spiro atoms. The zero-order valence-corrected chi connectivity index (χ0v) is 9.35. The fraction of sp³-hybridized carbons (Fsp3) is 0.0667. The van der Waals surface area contributed by atoms with Crippen LogP contribution in [-0.4, -0.2) is 10.1 Å². The third-order valence-electron chi connectivity index (χ3n) is 2.95. The van der Waals surface area contributed by atoms with E-state index in [9.17, 15) is 0 Å². The van der Waals surface area contributed by atoms with Gasteiger partial charge in [0.1, 0.15) is 0 Å². The van der Waals surface area contributed by atoms with Gasteiger partial charge in [0.25, 0.3) is 0 Å². The predicted molar refractivity (Wildman–Crippen MR) is 69.7 cm³/mol. The molecule has 1 heterocycles. The van der Waals surface area contributed by atoms with E-state index in [1.165, 1.54) is 5.56 Å². The fourth-order valence-electron chi connectivity index (χ4n) is 2.05. The number of aliphatic hydroxyl groups is 1. The molecule has 17 heavy (non-hydrogen) atoms. The van der Waals surface area contributed by atoms with Gasteiger partial charge in [-0.2, -0.15) is 0 Å². The first-order chi connectivity index (χ1) is 8.36. The molecule has 0 saturated carbocycles. The minimum absolute atomic E-state index is 0.0851. The third-order valence-corrected chi connectivity index (χ3v) is 2.95. The Labute approximate surface area is 99.5 Å². The number of benzene rings is 2. The van der Waals surface area contributed by atoms with Gasteiger partial charge in [0.15, 0.2) is 0 Å². The molecule has 0 radical (unpaired) electrons. The SMILES string of the molecule is OCc1ccc2[nH]c(-c3ccccc3)cc2c1. The van der Waals surface area contributed by atoms with Crippen LogP contribution in [0.15, 0.2) is 54.6 Å². The van der Waals surface area contributed by atoms with Crippen molar-refractivity contribution in [1.82, 2.24) is 4.98 Å². The number of rotatable bonds is 2. The van der Waals surface area contributed by atoms with Gasteiger partial charge in [0.05, 0.1) is 6.61 Å². The largest absolute Gasteiger partial charge is 0.392 e. The van der Waals surface area contributed by atoms with Gasteiger partial charge in [-0.3, -0.25) is 0 Å². The second kappa shape index (κ2) is 4.07. The molecule has 3 aromatic rings. The van der Waals surface area contributed by atoms with Crippen molar-refractivity contribution in [1.29, 1.82) is 0 Å². The van der Waals surface area contributed by atoms with Gasteiger partial charge >= 0.3 is 0 Å². The Hall–Kier alpha value is -2.06. The lowest BCUT2D eigenvalue weighted by Gasteiger charge is -1.95. The van der Waals surface area contributed by atoms with Gasteiger partial charge in [0.2, 0.25) is 0 Å². The Morgan fingerprint density at radius 2 is 1.76 bits per heavy atom. The van der Waals surface area contributed by atoms with Crippen LogP contribution in [0.2, 0.25) is 0 Å². The van der Waals surface area contributed by atoms with E-state index in [1.54, 1.807) is 0 Å². The Bertz CT molecular complexity index is 640. The summed E-state index contributed by atoms with van der Waals surface area (Å²) < 4.78 is 0. The monoisotopic (exact) mass is 223 g/mol. The Kier molecular flexibility index (Phi) is 2.42. The Balaban J connectivity index is 2.14. The highest BCUT2D eigenvalue weighted by molar-refractivity contribution is 5.86. The third kappa shape index (κ3) is 1.83. The summed E-state index contributed by atoms with van der Waals surface area (Å²) in [4.78, 5) is 3.38. The Morgan fingerprint density at radius 1 is 0.941 bits per heavy atom. The summed E-state index contributed by atoms with van der Waals surface area (Å²) in [5, 5.41) is 10.2. The first-order valence-corrected chi connectivity index (χ1v) is 5.65. The summed E-state index contributed by atoms with van der Waals surface area (Å²) in [5.74, 6) is 0. The zero-order valence-electron chi connectivity index (χ0n) is 9.35. The predicted octanol–water partition coefficient (Wildman–Crippen LogP) is 3.33. The number of aromatic nitrogens is 1. The number of H-pyrrole nitrogens is 1. The molecule has 2 N–H and O–H groups in total. The molecule has 0 fully saturated rings. The van der Waals surface area contributed by atoms with E-state index < -0.39 is 0 Å². The van der Waals surface area contributed by atoms with Crippen LogP contribution in [0.1, 0.15) is 5.56 Å². The summed E-state index contributed by atoms with van der Waals surface area (Å²) in [6.45, 7) is 0.0851. The number of aliphatic hydroxyl groups excluding tert-OH is 1. The lowest BCUT2D eigenvalue weighted by Crippen LogP contribution is -1.80. The highest BCUT2D eigenvalue weighted by atomic mass is 16.3. The van der Waals surface area contributed by atoms with Crippen molar-refractivity contribution in [3.05, 3.63) is 60.2 Å². The quantitative estimate of drug-likeness (QED) is 0.686. The zero-order chi connectivity index (χ0) is 11.7. The molecule has 2 nitrogen and oxygen atoms in total. The van der Waals surface area contributed by atoms with Gasteiger partial charge in [-0.05, 0) is 29.3 Å². The van der Waals surface area contributed by atoms with Gasteiger partial charge in [-0.25, -0.2) is 0 Å². The minimum Gasteiger partial charge on any atom is -0.392 e. The number of hydrogen-bond donors (Lipinski definition) is 2. The maximum atomic E-state index is 9.11. The van der Waals surface area contributed by atoms with Crippen LogP contribution in [0.5, 0.6) is 0 Å². The average Bonchev–Trinajstić information content (AvgIpc) is 2.82. The molecule has 2 heteroatoms. The lowest BCUT2D eigenvalue weighted by atomic mass is 10.1. The molecule has 0 aliphatic carbocycles. The topological polar surface area (TPSA) is 36.0 Å². The maximum Gasteiger partial charge on any atom is 0.0682 e. The number of nitrogens with one attached hydrogen (secondary N) is 1. The second-order valence-corrected chi connectivity index (χ2v) is 4.13. The minimum atomic E-state index is 0.0851. The van der Waals surface area contributed by atoms with Gasteiger partial charge in [-0.15, -0.1) is 0 Å². The summed E-state index contributed by atoms with van der Waals surface area (Å²) in [6.07, 6.45) is 0. The van der Waals surface area contributed by atoms with Crippen molar-refractivity contribution in [2.75, 3.05) is 0 Å². The molecule has 84 valence electrons. The van der Waals surface area contributed by atoms with Gasteiger partial charge < -0.3 is 10.1 Å². The molecule has 0 aliphatic rings. The van der Waals surface area contributed by atoms with Crippen molar-refractivity contribution in [3.63, 3.8) is 0 Å². The second-order valence-electron chi connectivity index (χ2n) is 4.13. The average molecular weight is 223 g/mol. The molecule has 2 aromatic carbocycles. The van der Waals surface area contributed by atoms with Crippen LogP contribution < -0.4 is 0 Å². The normalized spacial score (nSPS) is 10.9. The molecule has 0 bridgehead atoms. The molecule has 0 unspecified atom stereocenters. The molecule has 0 amide bonds.